The Balaban J connectivity index is 2.19. The maximum absolute atomic E-state index is 6.00. The second kappa shape index (κ2) is 4.23. The lowest BCUT2D eigenvalue weighted by molar-refractivity contribution is -0.0150. The zero-order chi connectivity index (χ0) is 10.9. The smallest absolute Gasteiger partial charge is 0.270 e. The van der Waals surface area contributed by atoms with Crippen LogP contribution < -0.4 is 11.1 Å². The van der Waals surface area contributed by atoms with Crippen LogP contribution in [0, 0.1) is 0 Å². The molecule has 2 aliphatic rings. The second-order valence-electron chi connectivity index (χ2n) is 3.22. The van der Waals surface area contributed by atoms with Crippen LogP contribution in [-0.4, -0.2) is 47.7 Å². The Labute approximate surface area is 97.1 Å². The van der Waals surface area contributed by atoms with Crippen LogP contribution in [0.2, 0.25) is 0 Å². The normalized spacial score (nSPS) is 26.6. The highest BCUT2D eigenvalue weighted by atomic mass is 35.5. The van der Waals surface area contributed by atoms with Gasteiger partial charge in [-0.1, -0.05) is 0 Å². The average molecular weight is 252 g/mol. The Hall–Kier alpha value is -0.400. The molecule has 0 aliphatic carbocycles. The van der Waals surface area contributed by atoms with E-state index in [1.54, 1.807) is 0 Å². The molecule has 0 atom stereocenters. The number of halogens is 2. The Morgan fingerprint density at radius 1 is 1.27 bits per heavy atom. The number of rotatable bonds is 1. The lowest BCUT2D eigenvalue weighted by atomic mass is 10.4. The van der Waals surface area contributed by atoms with E-state index in [-0.39, 0.29) is 10.6 Å². The Morgan fingerprint density at radius 3 is 2.33 bits per heavy atom. The molecule has 0 saturated carbocycles. The van der Waals surface area contributed by atoms with Gasteiger partial charge in [0.25, 0.3) is 5.91 Å². The Bertz CT molecular complexity index is 295. The molecule has 1 saturated heterocycles. The zero-order valence-electron chi connectivity index (χ0n) is 7.91. The van der Waals surface area contributed by atoms with Gasteiger partial charge >= 0.3 is 0 Å². The van der Waals surface area contributed by atoms with E-state index in [4.69, 9.17) is 33.7 Å². The number of nitrogens with two attached hydrogens (primary N) is 1. The van der Waals surface area contributed by atoms with E-state index in [1.165, 1.54) is 0 Å². The molecule has 0 aromatic heterocycles. The van der Waals surface area contributed by atoms with Crippen LogP contribution in [0.15, 0.2) is 9.98 Å². The number of morpholine rings is 1. The molecule has 2 heterocycles. The zero-order valence-corrected chi connectivity index (χ0v) is 9.42. The van der Waals surface area contributed by atoms with Crippen LogP contribution in [0.25, 0.3) is 0 Å². The summed E-state index contributed by atoms with van der Waals surface area (Å²) < 4.78 is 5.21. The Kier molecular flexibility index (Phi) is 3.13. The number of amidine groups is 2. The first-order valence-electron chi connectivity index (χ1n) is 4.49. The van der Waals surface area contributed by atoms with Gasteiger partial charge in [0, 0.05) is 13.1 Å². The van der Waals surface area contributed by atoms with Crippen LogP contribution in [0.1, 0.15) is 0 Å². The number of nitrogens with one attached hydrogen (secondary N) is 1. The number of aliphatic imine (C=N–C) groups is 2. The minimum Gasteiger partial charge on any atom is -0.379 e. The fourth-order valence-electron chi connectivity index (χ4n) is 1.49. The van der Waals surface area contributed by atoms with Gasteiger partial charge in [0.15, 0.2) is 0 Å². The average Bonchev–Trinajstić information content (AvgIpc) is 2.17. The molecule has 15 heavy (non-hydrogen) atoms. The first-order chi connectivity index (χ1) is 7.10. The summed E-state index contributed by atoms with van der Waals surface area (Å²) in [7, 11) is 0. The third kappa shape index (κ3) is 2.40. The van der Waals surface area contributed by atoms with E-state index < -0.39 is 5.91 Å². The largest absolute Gasteiger partial charge is 0.379 e. The lowest BCUT2D eigenvalue weighted by Crippen LogP contribution is -2.60. The molecule has 8 heteroatoms. The van der Waals surface area contributed by atoms with E-state index in [2.05, 4.69) is 15.3 Å². The molecule has 0 amide bonds. The van der Waals surface area contributed by atoms with Gasteiger partial charge in [-0.15, -0.1) is 0 Å². The van der Waals surface area contributed by atoms with Gasteiger partial charge in [-0.05, 0) is 23.2 Å². The summed E-state index contributed by atoms with van der Waals surface area (Å²) in [5, 5.41) is 2.85. The summed E-state index contributed by atoms with van der Waals surface area (Å²) in [6.45, 7) is 2.51. The fourth-order valence-corrected chi connectivity index (χ4v) is 1.96. The van der Waals surface area contributed by atoms with Crippen molar-refractivity contribution < 1.29 is 4.74 Å². The van der Waals surface area contributed by atoms with E-state index in [9.17, 15) is 0 Å². The van der Waals surface area contributed by atoms with Gasteiger partial charge in [-0.3, -0.25) is 5.73 Å². The van der Waals surface area contributed by atoms with Crippen LogP contribution in [0.4, 0.5) is 0 Å². The van der Waals surface area contributed by atoms with Crippen molar-refractivity contribution in [3.63, 3.8) is 0 Å². The molecule has 0 aromatic rings. The summed E-state index contributed by atoms with van der Waals surface area (Å²) in [5.74, 6) is -1.21. The molecule has 0 spiro atoms. The summed E-state index contributed by atoms with van der Waals surface area (Å²) >= 11 is 11.5. The SMILES string of the molecule is NC1(N2CCOCC2)N=C(Cl)NC(Cl)=N1. The molecule has 2 aliphatic heterocycles. The number of nitrogens with zero attached hydrogens (tertiary/aromatic N) is 3. The number of ether oxygens (including phenoxy) is 1. The van der Waals surface area contributed by atoms with E-state index >= 15 is 0 Å². The molecule has 6 nitrogen and oxygen atoms in total. The molecule has 84 valence electrons. The van der Waals surface area contributed by atoms with Gasteiger partial charge in [0.1, 0.15) is 0 Å². The third-order valence-corrected chi connectivity index (χ3v) is 2.57. The first-order valence-corrected chi connectivity index (χ1v) is 5.25. The topological polar surface area (TPSA) is 75.2 Å². The van der Waals surface area contributed by atoms with E-state index in [0.29, 0.717) is 26.3 Å². The minimum atomic E-state index is -1.21. The highest BCUT2D eigenvalue weighted by molar-refractivity contribution is 6.73. The molecule has 0 unspecified atom stereocenters. The first kappa shape index (κ1) is 11.1. The molecule has 0 aromatic carbocycles. The predicted molar refractivity (Wildman–Crippen MR) is 59.0 cm³/mol. The predicted octanol–water partition coefficient (Wildman–Crippen LogP) is -0.319. The van der Waals surface area contributed by atoms with Gasteiger partial charge in [0.05, 0.1) is 13.2 Å². The van der Waals surface area contributed by atoms with Crippen molar-refractivity contribution in [2.45, 2.75) is 5.91 Å². The second-order valence-corrected chi connectivity index (χ2v) is 3.93. The molecule has 0 radical (unpaired) electrons. The van der Waals surface area contributed by atoms with Gasteiger partial charge in [0.2, 0.25) is 10.6 Å². The molecule has 2 rings (SSSR count). The minimum absolute atomic E-state index is 0.143. The monoisotopic (exact) mass is 251 g/mol. The van der Waals surface area contributed by atoms with Crippen molar-refractivity contribution >= 4 is 33.8 Å². The van der Waals surface area contributed by atoms with Crippen molar-refractivity contribution in [2.75, 3.05) is 26.3 Å². The standard InChI is InChI=1S/C7H11Cl2N5O/c8-5-11-6(9)13-7(10,12-5)14-1-3-15-4-2-14/h1-4,10H2,(H,11,12,13). The van der Waals surface area contributed by atoms with Gasteiger partial charge in [-0.2, -0.15) is 9.98 Å². The van der Waals surface area contributed by atoms with Crippen molar-refractivity contribution in [3.05, 3.63) is 0 Å². The van der Waals surface area contributed by atoms with Crippen molar-refractivity contribution in [1.82, 2.24) is 10.2 Å². The quantitative estimate of drug-likeness (QED) is 0.627. The Morgan fingerprint density at radius 2 is 1.80 bits per heavy atom. The van der Waals surface area contributed by atoms with Gasteiger partial charge in [-0.25, -0.2) is 4.90 Å². The highest BCUT2D eigenvalue weighted by Gasteiger charge is 2.36. The van der Waals surface area contributed by atoms with Crippen LogP contribution in [-0.2, 0) is 4.74 Å². The van der Waals surface area contributed by atoms with Crippen LogP contribution >= 0.6 is 23.2 Å². The number of hydrogen-bond donors (Lipinski definition) is 2. The summed E-state index contributed by atoms with van der Waals surface area (Å²) in [6, 6.07) is 0. The maximum Gasteiger partial charge on any atom is 0.270 e. The molecular formula is C7H11Cl2N5O. The number of hydrogen-bond acceptors (Lipinski definition) is 6. The van der Waals surface area contributed by atoms with E-state index in [0.717, 1.165) is 0 Å². The molecule has 1 fully saturated rings. The van der Waals surface area contributed by atoms with Crippen molar-refractivity contribution in [3.8, 4) is 0 Å². The van der Waals surface area contributed by atoms with Crippen molar-refractivity contribution in [2.24, 2.45) is 15.7 Å². The summed E-state index contributed by atoms with van der Waals surface area (Å²) in [6.07, 6.45) is 0. The molecule has 0 bridgehead atoms. The van der Waals surface area contributed by atoms with Crippen LogP contribution in [0.5, 0.6) is 0 Å². The highest BCUT2D eigenvalue weighted by Crippen LogP contribution is 2.18. The third-order valence-electron chi connectivity index (χ3n) is 2.21. The molecular weight excluding hydrogens is 241 g/mol. The summed E-state index contributed by atoms with van der Waals surface area (Å²) in [5.41, 5.74) is 6.00. The molecule has 3 N–H and O–H groups in total. The van der Waals surface area contributed by atoms with Crippen LogP contribution in [0.3, 0.4) is 0 Å². The lowest BCUT2D eigenvalue weighted by Gasteiger charge is -2.38. The fraction of sp³-hybridized carbons (Fsp3) is 0.714. The summed E-state index contributed by atoms with van der Waals surface area (Å²) in [4.78, 5) is 9.93. The van der Waals surface area contributed by atoms with Crippen molar-refractivity contribution in [1.29, 1.82) is 0 Å². The maximum atomic E-state index is 6.00. The van der Waals surface area contributed by atoms with Gasteiger partial charge < -0.3 is 10.1 Å². The van der Waals surface area contributed by atoms with E-state index in [1.807, 2.05) is 4.90 Å².